The van der Waals surface area contributed by atoms with Gasteiger partial charge in [-0.3, -0.25) is 4.99 Å². The number of thiazole rings is 1. The lowest BCUT2D eigenvalue weighted by molar-refractivity contribution is 0.223. The highest BCUT2D eigenvalue weighted by molar-refractivity contribution is 7.13. The van der Waals surface area contributed by atoms with E-state index in [0.717, 1.165) is 43.8 Å². The van der Waals surface area contributed by atoms with Gasteiger partial charge in [-0.1, -0.05) is 0 Å². The molecule has 0 aliphatic carbocycles. The van der Waals surface area contributed by atoms with Crippen molar-refractivity contribution in [2.24, 2.45) is 16.6 Å². The summed E-state index contributed by atoms with van der Waals surface area (Å²) < 4.78 is 0. The minimum absolute atomic E-state index is 0.700. The Morgan fingerprint density at radius 3 is 2.64 bits per heavy atom. The van der Waals surface area contributed by atoms with E-state index in [0.29, 0.717) is 5.92 Å². The van der Waals surface area contributed by atoms with E-state index in [9.17, 15) is 0 Å². The van der Waals surface area contributed by atoms with Gasteiger partial charge in [0.05, 0.1) is 0 Å². The number of aromatic nitrogens is 1. The van der Waals surface area contributed by atoms with Crippen LogP contribution in [0, 0.1) is 5.92 Å². The Labute approximate surface area is 136 Å². The molecule has 0 bridgehead atoms. The number of piperidine rings is 1. The van der Waals surface area contributed by atoms with Crippen LogP contribution >= 0.6 is 11.3 Å². The van der Waals surface area contributed by atoms with Gasteiger partial charge in [0.15, 0.2) is 11.1 Å². The number of hydrogen-bond donors (Lipinski definition) is 1. The van der Waals surface area contributed by atoms with E-state index in [1.165, 1.54) is 25.9 Å². The van der Waals surface area contributed by atoms with Gasteiger partial charge in [-0.05, 0) is 38.9 Å². The summed E-state index contributed by atoms with van der Waals surface area (Å²) >= 11 is 1.70. The van der Waals surface area contributed by atoms with E-state index >= 15 is 0 Å². The second-order valence-electron chi connectivity index (χ2n) is 6.23. The zero-order valence-electron chi connectivity index (χ0n) is 13.3. The molecule has 0 saturated carbocycles. The standard InChI is InChI=1S/C15H26N6S/c1-19-5-2-13(3-6-19)12-18-14(16)20-7-9-21(10-8-20)15-17-4-11-22-15/h4,11,13H,2-3,5-10,12H2,1H3,(H2,16,18). The van der Waals surface area contributed by atoms with Gasteiger partial charge in [-0.2, -0.15) is 0 Å². The van der Waals surface area contributed by atoms with Gasteiger partial charge in [-0.25, -0.2) is 4.98 Å². The predicted octanol–water partition coefficient (Wildman–Crippen LogP) is 0.922. The monoisotopic (exact) mass is 322 g/mol. The zero-order valence-corrected chi connectivity index (χ0v) is 14.1. The van der Waals surface area contributed by atoms with Crippen LogP contribution in [0.1, 0.15) is 12.8 Å². The molecule has 0 aromatic carbocycles. The summed E-state index contributed by atoms with van der Waals surface area (Å²) in [5.41, 5.74) is 6.19. The van der Waals surface area contributed by atoms with Crippen LogP contribution in [0.2, 0.25) is 0 Å². The maximum atomic E-state index is 6.19. The van der Waals surface area contributed by atoms with Crippen LogP contribution in [0.15, 0.2) is 16.6 Å². The first-order valence-corrected chi connectivity index (χ1v) is 8.98. The molecule has 0 spiro atoms. The Morgan fingerprint density at radius 1 is 1.27 bits per heavy atom. The van der Waals surface area contributed by atoms with Gasteiger partial charge >= 0.3 is 0 Å². The average molecular weight is 322 g/mol. The molecule has 7 heteroatoms. The number of hydrogen-bond acceptors (Lipinski definition) is 5. The Kier molecular flexibility index (Phi) is 5.15. The maximum absolute atomic E-state index is 6.19. The predicted molar refractivity (Wildman–Crippen MR) is 92.6 cm³/mol. The Bertz CT molecular complexity index is 472. The molecule has 0 atom stereocenters. The summed E-state index contributed by atoms with van der Waals surface area (Å²) in [7, 11) is 2.19. The van der Waals surface area contributed by atoms with E-state index < -0.39 is 0 Å². The summed E-state index contributed by atoms with van der Waals surface area (Å²) in [4.78, 5) is 16.0. The van der Waals surface area contributed by atoms with Crippen molar-refractivity contribution in [2.75, 3.05) is 57.8 Å². The van der Waals surface area contributed by atoms with E-state index in [1.807, 2.05) is 11.6 Å². The Morgan fingerprint density at radius 2 is 2.00 bits per heavy atom. The first-order valence-electron chi connectivity index (χ1n) is 8.10. The number of aliphatic imine (C=N–C) groups is 1. The van der Waals surface area contributed by atoms with Crippen LogP contribution in [0.25, 0.3) is 0 Å². The van der Waals surface area contributed by atoms with Crippen molar-refractivity contribution in [3.05, 3.63) is 11.6 Å². The topological polar surface area (TPSA) is 61.0 Å². The molecule has 22 heavy (non-hydrogen) atoms. The average Bonchev–Trinajstić information content (AvgIpc) is 3.09. The third-order valence-electron chi connectivity index (χ3n) is 4.64. The zero-order chi connectivity index (χ0) is 15.4. The van der Waals surface area contributed by atoms with Crippen LogP contribution in [0.3, 0.4) is 0 Å². The largest absolute Gasteiger partial charge is 0.370 e. The minimum atomic E-state index is 0.700. The van der Waals surface area contributed by atoms with Crippen molar-refractivity contribution in [3.63, 3.8) is 0 Å². The highest BCUT2D eigenvalue weighted by atomic mass is 32.1. The van der Waals surface area contributed by atoms with Gasteiger partial charge in [0.1, 0.15) is 0 Å². The van der Waals surface area contributed by atoms with Crippen molar-refractivity contribution in [3.8, 4) is 0 Å². The van der Waals surface area contributed by atoms with Gasteiger partial charge < -0.3 is 20.4 Å². The lowest BCUT2D eigenvalue weighted by Crippen LogP contribution is -2.51. The molecule has 3 rings (SSSR count). The normalized spacial score (nSPS) is 22.3. The molecular formula is C15H26N6S. The Hall–Kier alpha value is -1.34. The molecule has 2 aliphatic rings. The molecule has 2 aliphatic heterocycles. The van der Waals surface area contributed by atoms with E-state index in [2.05, 4.69) is 31.7 Å². The molecular weight excluding hydrogens is 296 g/mol. The molecule has 1 aromatic rings. The first-order chi connectivity index (χ1) is 10.7. The van der Waals surface area contributed by atoms with Crippen LogP contribution in [-0.2, 0) is 0 Å². The van der Waals surface area contributed by atoms with Gasteiger partial charge in [0, 0.05) is 44.3 Å². The van der Waals surface area contributed by atoms with E-state index in [1.54, 1.807) is 11.3 Å². The smallest absolute Gasteiger partial charge is 0.191 e. The number of nitrogens with zero attached hydrogens (tertiary/aromatic N) is 5. The van der Waals surface area contributed by atoms with Crippen LogP contribution in [0.4, 0.5) is 5.13 Å². The van der Waals surface area contributed by atoms with Crippen LogP contribution in [0.5, 0.6) is 0 Å². The van der Waals surface area contributed by atoms with Gasteiger partial charge in [0.25, 0.3) is 0 Å². The summed E-state index contributed by atoms with van der Waals surface area (Å²) in [6.07, 6.45) is 4.35. The fourth-order valence-corrected chi connectivity index (χ4v) is 3.76. The number of nitrogens with two attached hydrogens (primary N) is 1. The molecule has 2 N–H and O–H groups in total. The van der Waals surface area contributed by atoms with Crippen molar-refractivity contribution in [1.82, 2.24) is 14.8 Å². The van der Waals surface area contributed by atoms with E-state index in [-0.39, 0.29) is 0 Å². The SMILES string of the molecule is CN1CCC(CN=C(N)N2CCN(c3nccs3)CC2)CC1. The molecule has 2 saturated heterocycles. The fourth-order valence-electron chi connectivity index (χ4n) is 3.07. The van der Waals surface area contributed by atoms with Crippen molar-refractivity contribution in [2.45, 2.75) is 12.8 Å². The maximum Gasteiger partial charge on any atom is 0.191 e. The first kappa shape index (κ1) is 15.6. The third-order valence-corrected chi connectivity index (χ3v) is 5.48. The number of anilines is 1. The number of piperazine rings is 1. The highest BCUT2D eigenvalue weighted by Crippen LogP contribution is 2.19. The summed E-state index contributed by atoms with van der Waals surface area (Å²) in [5, 5.41) is 3.14. The molecule has 0 unspecified atom stereocenters. The molecule has 0 radical (unpaired) electrons. The van der Waals surface area contributed by atoms with Gasteiger partial charge in [-0.15, -0.1) is 11.3 Å². The summed E-state index contributed by atoms with van der Waals surface area (Å²) in [6, 6.07) is 0. The summed E-state index contributed by atoms with van der Waals surface area (Å²) in [5.74, 6) is 1.42. The fraction of sp³-hybridized carbons (Fsp3) is 0.733. The molecule has 0 amide bonds. The number of likely N-dealkylation sites (tertiary alicyclic amines) is 1. The number of rotatable bonds is 3. The molecule has 3 heterocycles. The summed E-state index contributed by atoms with van der Waals surface area (Å²) in [6.45, 7) is 7.06. The molecule has 2 fully saturated rings. The second kappa shape index (κ2) is 7.28. The van der Waals surface area contributed by atoms with Gasteiger partial charge in [0.2, 0.25) is 0 Å². The van der Waals surface area contributed by atoms with Crippen molar-refractivity contribution >= 4 is 22.4 Å². The lowest BCUT2D eigenvalue weighted by atomic mass is 9.97. The molecule has 122 valence electrons. The van der Waals surface area contributed by atoms with Crippen molar-refractivity contribution in [1.29, 1.82) is 0 Å². The lowest BCUT2D eigenvalue weighted by Gasteiger charge is -2.35. The van der Waals surface area contributed by atoms with Crippen LogP contribution < -0.4 is 10.6 Å². The second-order valence-corrected chi connectivity index (χ2v) is 7.11. The van der Waals surface area contributed by atoms with Crippen LogP contribution in [-0.4, -0.2) is 73.6 Å². The minimum Gasteiger partial charge on any atom is -0.370 e. The van der Waals surface area contributed by atoms with E-state index in [4.69, 9.17) is 5.73 Å². The highest BCUT2D eigenvalue weighted by Gasteiger charge is 2.21. The molecule has 6 nitrogen and oxygen atoms in total. The third kappa shape index (κ3) is 3.89. The quantitative estimate of drug-likeness (QED) is 0.662. The Balaban J connectivity index is 1.45. The molecule has 1 aromatic heterocycles. The number of guanidine groups is 1. The van der Waals surface area contributed by atoms with Crippen molar-refractivity contribution < 1.29 is 0 Å².